The molecule has 1 N–H and O–H groups in total. The molecule has 5 rings (SSSR count). The fourth-order valence-electron chi connectivity index (χ4n) is 5.50. The lowest BCUT2D eigenvalue weighted by molar-refractivity contribution is -0.238. The third-order valence-corrected chi connectivity index (χ3v) is 7.33. The van der Waals surface area contributed by atoms with Gasteiger partial charge in [-0.15, -0.1) is 0 Å². The predicted molar refractivity (Wildman–Crippen MR) is 138 cm³/mol. The van der Waals surface area contributed by atoms with E-state index in [1.807, 2.05) is 54.6 Å². The molecular weight excluding hydrogens is 452 g/mol. The highest BCUT2D eigenvalue weighted by Gasteiger charge is 2.51. The third-order valence-electron chi connectivity index (χ3n) is 7.33. The maximum absolute atomic E-state index is 9.91. The second-order valence-electron chi connectivity index (χ2n) is 9.92. The zero-order valence-electron chi connectivity index (χ0n) is 20.7. The molecule has 1 aliphatic heterocycles. The van der Waals surface area contributed by atoms with Crippen LogP contribution in [0.25, 0.3) is 0 Å². The minimum absolute atomic E-state index is 0.0322. The Kier molecular flexibility index (Phi) is 8.81. The minimum atomic E-state index is -0.275. The molecule has 190 valence electrons. The van der Waals surface area contributed by atoms with E-state index in [9.17, 15) is 5.11 Å². The van der Waals surface area contributed by atoms with Gasteiger partial charge in [0.2, 0.25) is 0 Å². The summed E-state index contributed by atoms with van der Waals surface area (Å²) in [5, 5.41) is 9.91. The fourth-order valence-corrected chi connectivity index (χ4v) is 5.50. The Hall–Kier alpha value is -2.54. The highest BCUT2D eigenvalue weighted by Crippen LogP contribution is 2.43. The first-order valence-electron chi connectivity index (χ1n) is 13.0. The van der Waals surface area contributed by atoms with Crippen LogP contribution in [0.2, 0.25) is 0 Å². The number of rotatable bonds is 11. The van der Waals surface area contributed by atoms with Crippen LogP contribution in [-0.2, 0) is 38.8 Å². The Morgan fingerprint density at radius 3 is 1.75 bits per heavy atom. The standard InChI is InChI=1S/C31H36O5/c32-18-26-16-27-28(17-26)36-29(22-33-19-23-10-4-1-5-11-23)31(35-21-25-14-8-3-9-15-25)30(27)34-20-24-12-6-2-7-13-24/h1-15,26-32H,16-22H2/t26-,27?,28-,29?,30+,31-/m0/s1. The summed E-state index contributed by atoms with van der Waals surface area (Å²) < 4.78 is 26.0. The normalized spacial score (nSPS) is 27.6. The van der Waals surface area contributed by atoms with Gasteiger partial charge in [0.1, 0.15) is 12.2 Å². The first kappa shape index (κ1) is 25.1. The molecule has 0 amide bonds. The van der Waals surface area contributed by atoms with Gasteiger partial charge in [-0.1, -0.05) is 91.0 Å². The van der Waals surface area contributed by atoms with Crippen LogP contribution in [0.5, 0.6) is 0 Å². The number of aliphatic hydroxyl groups excluding tert-OH is 1. The molecule has 5 nitrogen and oxygen atoms in total. The number of aliphatic hydroxyl groups is 1. The summed E-state index contributed by atoms with van der Waals surface area (Å²) in [5.41, 5.74) is 3.38. The molecule has 36 heavy (non-hydrogen) atoms. The zero-order chi connectivity index (χ0) is 24.6. The van der Waals surface area contributed by atoms with Crippen LogP contribution in [-0.4, -0.2) is 42.7 Å². The van der Waals surface area contributed by atoms with Crippen molar-refractivity contribution < 1.29 is 24.1 Å². The van der Waals surface area contributed by atoms with E-state index in [0.717, 1.165) is 29.5 Å². The highest BCUT2D eigenvalue weighted by molar-refractivity contribution is 5.15. The SMILES string of the molecule is OC[C@H]1CC2[C@H](C1)OC(COCc1ccccc1)[C@H](OCc1ccccc1)[C@@H]2OCc1ccccc1. The lowest BCUT2D eigenvalue weighted by atomic mass is 9.87. The lowest BCUT2D eigenvalue weighted by Crippen LogP contribution is -2.56. The smallest absolute Gasteiger partial charge is 0.113 e. The number of hydrogen-bond acceptors (Lipinski definition) is 5. The molecule has 3 aromatic carbocycles. The van der Waals surface area contributed by atoms with Crippen molar-refractivity contribution in [2.45, 2.75) is 57.1 Å². The molecule has 5 heteroatoms. The van der Waals surface area contributed by atoms with Gasteiger partial charge in [0.15, 0.2) is 0 Å². The molecule has 3 aromatic rings. The summed E-state index contributed by atoms with van der Waals surface area (Å²) in [6, 6.07) is 30.6. The van der Waals surface area contributed by atoms with E-state index < -0.39 is 0 Å². The Morgan fingerprint density at radius 1 is 0.667 bits per heavy atom. The van der Waals surface area contributed by atoms with Crippen LogP contribution in [0.1, 0.15) is 29.5 Å². The second kappa shape index (κ2) is 12.6. The number of ether oxygens (including phenoxy) is 4. The van der Waals surface area contributed by atoms with Gasteiger partial charge in [0.05, 0.1) is 38.6 Å². The van der Waals surface area contributed by atoms with Gasteiger partial charge in [0.25, 0.3) is 0 Å². The summed E-state index contributed by atoms with van der Waals surface area (Å²) >= 11 is 0. The molecular formula is C31H36O5. The first-order valence-corrected chi connectivity index (χ1v) is 13.0. The van der Waals surface area contributed by atoms with Crippen LogP contribution in [0, 0.1) is 11.8 Å². The van der Waals surface area contributed by atoms with Crippen molar-refractivity contribution >= 4 is 0 Å². The van der Waals surface area contributed by atoms with Crippen molar-refractivity contribution in [3.05, 3.63) is 108 Å². The van der Waals surface area contributed by atoms with Crippen LogP contribution in [0.15, 0.2) is 91.0 Å². The molecule has 1 saturated carbocycles. The van der Waals surface area contributed by atoms with Crippen LogP contribution in [0.3, 0.4) is 0 Å². The maximum atomic E-state index is 9.91. The highest BCUT2D eigenvalue weighted by atomic mass is 16.6. The average Bonchev–Trinajstić information content (AvgIpc) is 3.35. The molecule has 1 saturated heterocycles. The molecule has 2 unspecified atom stereocenters. The van der Waals surface area contributed by atoms with Gasteiger partial charge < -0.3 is 24.1 Å². The van der Waals surface area contributed by atoms with Crippen LogP contribution in [0.4, 0.5) is 0 Å². The van der Waals surface area contributed by atoms with E-state index in [2.05, 4.69) is 36.4 Å². The van der Waals surface area contributed by atoms with Gasteiger partial charge in [-0.05, 0) is 35.4 Å². The average molecular weight is 489 g/mol. The van der Waals surface area contributed by atoms with Gasteiger partial charge in [-0.3, -0.25) is 0 Å². The molecule has 1 heterocycles. The Morgan fingerprint density at radius 2 is 1.19 bits per heavy atom. The van der Waals surface area contributed by atoms with Crippen molar-refractivity contribution in [2.24, 2.45) is 11.8 Å². The van der Waals surface area contributed by atoms with Crippen molar-refractivity contribution in [3.8, 4) is 0 Å². The predicted octanol–water partition coefficient (Wildman–Crippen LogP) is 5.16. The zero-order valence-corrected chi connectivity index (χ0v) is 20.7. The van der Waals surface area contributed by atoms with Crippen molar-refractivity contribution in [2.75, 3.05) is 13.2 Å². The monoisotopic (exact) mass is 488 g/mol. The quantitative estimate of drug-likeness (QED) is 0.404. The van der Waals surface area contributed by atoms with Crippen molar-refractivity contribution in [1.82, 2.24) is 0 Å². The molecule has 1 aliphatic carbocycles. The maximum Gasteiger partial charge on any atom is 0.113 e. The minimum Gasteiger partial charge on any atom is -0.396 e. The molecule has 0 radical (unpaired) electrons. The summed E-state index contributed by atoms with van der Waals surface area (Å²) in [7, 11) is 0. The van der Waals surface area contributed by atoms with E-state index in [1.165, 1.54) is 0 Å². The van der Waals surface area contributed by atoms with E-state index in [1.54, 1.807) is 0 Å². The second-order valence-corrected chi connectivity index (χ2v) is 9.92. The van der Waals surface area contributed by atoms with E-state index in [-0.39, 0.29) is 42.9 Å². The van der Waals surface area contributed by atoms with E-state index >= 15 is 0 Å². The summed E-state index contributed by atoms with van der Waals surface area (Å²) in [4.78, 5) is 0. The van der Waals surface area contributed by atoms with Gasteiger partial charge in [-0.25, -0.2) is 0 Å². The molecule has 6 atom stereocenters. The Labute approximate surface area is 214 Å². The first-order chi connectivity index (χ1) is 17.8. The summed E-state index contributed by atoms with van der Waals surface area (Å²) in [6.07, 6.45) is 1.08. The number of fused-ring (bicyclic) bond motifs is 1. The lowest BCUT2D eigenvalue weighted by Gasteiger charge is -2.44. The van der Waals surface area contributed by atoms with E-state index in [0.29, 0.717) is 26.4 Å². The Bertz CT molecular complexity index is 1030. The number of benzene rings is 3. The molecule has 0 aromatic heterocycles. The number of hydrogen-bond donors (Lipinski definition) is 1. The topological polar surface area (TPSA) is 57.2 Å². The van der Waals surface area contributed by atoms with Crippen molar-refractivity contribution in [3.63, 3.8) is 0 Å². The Balaban J connectivity index is 1.34. The molecule has 2 fully saturated rings. The third kappa shape index (κ3) is 6.41. The van der Waals surface area contributed by atoms with Gasteiger partial charge in [-0.2, -0.15) is 0 Å². The van der Waals surface area contributed by atoms with E-state index in [4.69, 9.17) is 18.9 Å². The van der Waals surface area contributed by atoms with Crippen molar-refractivity contribution in [1.29, 1.82) is 0 Å². The summed E-state index contributed by atoms with van der Waals surface area (Å²) in [5.74, 6) is 0.401. The van der Waals surface area contributed by atoms with Gasteiger partial charge in [0, 0.05) is 12.5 Å². The summed E-state index contributed by atoms with van der Waals surface area (Å²) in [6.45, 7) is 2.12. The molecule has 2 aliphatic rings. The van der Waals surface area contributed by atoms with Crippen LogP contribution >= 0.6 is 0 Å². The molecule has 0 bridgehead atoms. The fraction of sp³-hybridized carbons (Fsp3) is 0.419. The van der Waals surface area contributed by atoms with Crippen LogP contribution < -0.4 is 0 Å². The molecule has 0 spiro atoms. The largest absolute Gasteiger partial charge is 0.396 e. The van der Waals surface area contributed by atoms with Gasteiger partial charge >= 0.3 is 0 Å².